The first-order valence-corrected chi connectivity index (χ1v) is 4.42. The average Bonchev–Trinajstić information content (AvgIpc) is 2.16. The lowest BCUT2D eigenvalue weighted by Crippen LogP contribution is -2.20. The van der Waals surface area contributed by atoms with Gasteiger partial charge in [-0.3, -0.25) is 0 Å². The summed E-state index contributed by atoms with van der Waals surface area (Å²) >= 11 is 0. The van der Waals surface area contributed by atoms with Gasteiger partial charge >= 0.3 is 7.32 Å². The molecule has 0 aromatic heterocycles. The van der Waals surface area contributed by atoms with Gasteiger partial charge in [0.15, 0.2) is 0 Å². The number of benzene rings is 1. The molecule has 0 heterocycles. The van der Waals surface area contributed by atoms with Crippen molar-refractivity contribution in [3.63, 3.8) is 0 Å². The van der Waals surface area contributed by atoms with Crippen LogP contribution >= 0.6 is 0 Å². The molecule has 0 fully saturated rings. The van der Waals surface area contributed by atoms with Crippen molar-refractivity contribution in [3.05, 3.63) is 29.8 Å². The monoisotopic (exact) mass is 196 g/mol. The van der Waals surface area contributed by atoms with E-state index in [1.165, 1.54) is 0 Å². The summed E-state index contributed by atoms with van der Waals surface area (Å²) in [4.78, 5) is 0. The topological polar surface area (TPSA) is 58.9 Å². The van der Waals surface area contributed by atoms with Crippen molar-refractivity contribution in [1.82, 2.24) is 0 Å². The summed E-state index contributed by atoms with van der Waals surface area (Å²) < 4.78 is 9.84. The van der Waals surface area contributed by atoms with E-state index in [4.69, 9.17) is 14.8 Å². The van der Waals surface area contributed by atoms with Gasteiger partial charge in [-0.25, -0.2) is 0 Å². The summed E-state index contributed by atoms with van der Waals surface area (Å²) in [5.74, 6) is 0.417. The lowest BCUT2D eigenvalue weighted by atomic mass is 10.2. The molecule has 0 saturated heterocycles. The van der Waals surface area contributed by atoms with E-state index in [1.54, 1.807) is 12.1 Å². The van der Waals surface area contributed by atoms with Gasteiger partial charge < -0.3 is 19.4 Å². The molecule has 0 atom stereocenters. The third-order valence-corrected chi connectivity index (χ3v) is 1.64. The van der Waals surface area contributed by atoms with E-state index in [-0.39, 0.29) is 0 Å². The third kappa shape index (κ3) is 3.78. The van der Waals surface area contributed by atoms with Crippen LogP contribution in [0.3, 0.4) is 0 Å². The Bertz CT molecular complexity index is 260. The molecule has 0 radical (unpaired) electrons. The van der Waals surface area contributed by atoms with Gasteiger partial charge in [0, 0.05) is 6.61 Å². The zero-order chi connectivity index (χ0) is 10.4. The van der Waals surface area contributed by atoms with Crippen molar-refractivity contribution in [2.24, 2.45) is 0 Å². The predicted octanol–water partition coefficient (Wildman–Crippen LogP) is 0.571. The van der Waals surface area contributed by atoms with Crippen LogP contribution in [0.1, 0.15) is 12.5 Å². The number of rotatable bonds is 5. The fourth-order valence-corrected chi connectivity index (χ4v) is 1.01. The maximum Gasteiger partial charge on any atom is 0.707 e. The molecule has 0 spiro atoms. The van der Waals surface area contributed by atoms with Crippen LogP contribution in [0.2, 0.25) is 0 Å². The highest BCUT2D eigenvalue weighted by molar-refractivity contribution is 6.33. The number of hydrogen-bond acceptors (Lipinski definition) is 4. The Morgan fingerprint density at radius 1 is 1.21 bits per heavy atom. The van der Waals surface area contributed by atoms with Crippen LogP contribution in [0.5, 0.6) is 5.75 Å². The molecule has 2 N–H and O–H groups in total. The summed E-state index contributed by atoms with van der Waals surface area (Å²) in [5.41, 5.74) is 1.02. The molecule has 0 bridgehead atoms. The Hall–Kier alpha value is -1.04. The number of hydrogen-bond donors (Lipinski definition) is 2. The minimum atomic E-state index is -1.77. The molecule has 0 unspecified atom stereocenters. The molecule has 0 aliphatic rings. The first-order valence-electron chi connectivity index (χ1n) is 4.42. The van der Waals surface area contributed by atoms with E-state index in [2.05, 4.69) is 4.65 Å². The van der Waals surface area contributed by atoms with E-state index in [1.807, 2.05) is 19.1 Å². The second-order valence-electron chi connectivity index (χ2n) is 2.73. The van der Waals surface area contributed by atoms with Gasteiger partial charge in [-0.15, -0.1) is 0 Å². The highest BCUT2D eigenvalue weighted by Crippen LogP contribution is 2.12. The van der Waals surface area contributed by atoms with Crippen molar-refractivity contribution in [2.45, 2.75) is 13.5 Å². The maximum atomic E-state index is 8.53. The van der Waals surface area contributed by atoms with Crippen LogP contribution in [0.25, 0.3) is 0 Å². The largest absolute Gasteiger partial charge is 0.707 e. The molecule has 0 aliphatic heterocycles. The second-order valence-corrected chi connectivity index (χ2v) is 2.73. The summed E-state index contributed by atoms with van der Waals surface area (Å²) in [6, 6.07) is 6.95. The lowest BCUT2D eigenvalue weighted by molar-refractivity contribution is 0.134. The quantitative estimate of drug-likeness (QED) is 0.676. The Balaban J connectivity index is 2.50. The molecular weight excluding hydrogens is 183 g/mol. The SMILES string of the molecule is CCOCc1ccc(OB(O)O)cc1. The van der Waals surface area contributed by atoms with Crippen molar-refractivity contribution < 1.29 is 19.4 Å². The molecule has 4 nitrogen and oxygen atoms in total. The van der Waals surface area contributed by atoms with E-state index in [0.717, 1.165) is 5.56 Å². The minimum Gasteiger partial charge on any atom is -0.512 e. The fourth-order valence-electron chi connectivity index (χ4n) is 1.01. The van der Waals surface area contributed by atoms with Gasteiger partial charge in [-0.05, 0) is 24.6 Å². The summed E-state index contributed by atoms with van der Waals surface area (Å²) in [6.07, 6.45) is 0. The molecule has 0 aliphatic carbocycles. The van der Waals surface area contributed by atoms with Crippen LogP contribution in [-0.2, 0) is 11.3 Å². The van der Waals surface area contributed by atoms with Crippen LogP contribution in [0.4, 0.5) is 0 Å². The number of ether oxygens (including phenoxy) is 1. The van der Waals surface area contributed by atoms with Gasteiger partial charge in [0.25, 0.3) is 0 Å². The normalized spacial score (nSPS) is 9.93. The maximum absolute atomic E-state index is 8.53. The Labute approximate surface area is 83.3 Å². The van der Waals surface area contributed by atoms with Gasteiger partial charge in [-0.2, -0.15) is 0 Å². The van der Waals surface area contributed by atoms with E-state index >= 15 is 0 Å². The molecule has 0 amide bonds. The Morgan fingerprint density at radius 3 is 2.36 bits per heavy atom. The standard InChI is InChI=1S/C9H13BO4/c1-2-13-7-8-3-5-9(6-4-8)14-10(11)12/h3-6,11-12H,2,7H2,1H3. The van der Waals surface area contributed by atoms with Gasteiger partial charge in [-0.1, -0.05) is 12.1 Å². The first-order chi connectivity index (χ1) is 6.72. The molecule has 1 rings (SSSR count). The third-order valence-electron chi connectivity index (χ3n) is 1.64. The lowest BCUT2D eigenvalue weighted by Gasteiger charge is -2.05. The van der Waals surface area contributed by atoms with Gasteiger partial charge in [0.05, 0.1) is 6.61 Å². The van der Waals surface area contributed by atoms with Gasteiger partial charge in [0.2, 0.25) is 0 Å². The zero-order valence-corrected chi connectivity index (χ0v) is 8.01. The molecule has 76 valence electrons. The van der Waals surface area contributed by atoms with E-state index < -0.39 is 7.32 Å². The minimum absolute atomic E-state index is 0.417. The Kier molecular flexibility index (Phi) is 4.45. The average molecular weight is 196 g/mol. The van der Waals surface area contributed by atoms with Crippen LogP contribution in [-0.4, -0.2) is 24.0 Å². The van der Waals surface area contributed by atoms with E-state index in [9.17, 15) is 0 Å². The van der Waals surface area contributed by atoms with Crippen LogP contribution < -0.4 is 4.65 Å². The van der Waals surface area contributed by atoms with E-state index in [0.29, 0.717) is 19.0 Å². The molecule has 1 aromatic carbocycles. The Morgan fingerprint density at radius 2 is 1.86 bits per heavy atom. The van der Waals surface area contributed by atoms with Crippen molar-refractivity contribution in [3.8, 4) is 5.75 Å². The second kappa shape index (κ2) is 5.64. The summed E-state index contributed by atoms with van der Waals surface area (Å²) in [5, 5.41) is 17.1. The molecular formula is C9H13BO4. The van der Waals surface area contributed by atoms with Gasteiger partial charge in [0.1, 0.15) is 5.75 Å². The van der Waals surface area contributed by atoms with Crippen molar-refractivity contribution in [2.75, 3.05) is 6.61 Å². The highest BCUT2D eigenvalue weighted by atomic mass is 16.6. The molecule has 5 heteroatoms. The van der Waals surface area contributed by atoms with Crippen LogP contribution in [0.15, 0.2) is 24.3 Å². The fraction of sp³-hybridized carbons (Fsp3) is 0.333. The highest BCUT2D eigenvalue weighted by Gasteiger charge is 2.10. The molecule has 1 aromatic rings. The smallest absolute Gasteiger partial charge is 0.512 e. The van der Waals surface area contributed by atoms with Crippen LogP contribution in [0, 0.1) is 0 Å². The zero-order valence-electron chi connectivity index (χ0n) is 8.01. The molecule has 14 heavy (non-hydrogen) atoms. The molecule has 0 saturated carbocycles. The summed E-state index contributed by atoms with van der Waals surface area (Å²) in [6.45, 7) is 3.16. The first kappa shape index (κ1) is 11.0. The van der Waals surface area contributed by atoms with Crippen molar-refractivity contribution in [1.29, 1.82) is 0 Å². The van der Waals surface area contributed by atoms with Crippen molar-refractivity contribution >= 4 is 7.32 Å². The predicted molar refractivity (Wildman–Crippen MR) is 52.6 cm³/mol. The summed E-state index contributed by atoms with van der Waals surface area (Å²) in [7, 11) is -1.77.